The van der Waals surface area contributed by atoms with Crippen LogP contribution in [0.25, 0.3) is 11.4 Å². The third kappa shape index (κ3) is 4.38. The van der Waals surface area contributed by atoms with Crippen LogP contribution >= 0.6 is 0 Å². The summed E-state index contributed by atoms with van der Waals surface area (Å²) in [5.74, 6) is 1.03. The van der Waals surface area contributed by atoms with Gasteiger partial charge in [0.25, 0.3) is 0 Å². The molecule has 0 spiro atoms. The van der Waals surface area contributed by atoms with Crippen molar-refractivity contribution < 1.29 is 9.53 Å². The molecule has 1 fully saturated rings. The first kappa shape index (κ1) is 16.6. The van der Waals surface area contributed by atoms with E-state index in [1.165, 1.54) is 19.3 Å². The number of nitrogens with one attached hydrogen (secondary N) is 2. The number of amides is 1. The molecule has 1 aromatic heterocycles. The molecule has 1 saturated carbocycles. The number of nitrogens with zero attached hydrogens (tertiary/aromatic N) is 3. The van der Waals surface area contributed by atoms with Crippen LogP contribution in [0.2, 0.25) is 0 Å². The Balaban J connectivity index is 1.42. The van der Waals surface area contributed by atoms with Crippen LogP contribution in [0.3, 0.4) is 0 Å². The van der Waals surface area contributed by atoms with Crippen molar-refractivity contribution in [2.24, 2.45) is 5.92 Å². The summed E-state index contributed by atoms with van der Waals surface area (Å²) in [7, 11) is 0. The van der Waals surface area contributed by atoms with Crippen LogP contribution in [0.4, 0.5) is 0 Å². The normalized spacial score (nSPS) is 20.7. The molecule has 7 heteroatoms. The van der Waals surface area contributed by atoms with Gasteiger partial charge in [0.2, 0.25) is 11.7 Å². The summed E-state index contributed by atoms with van der Waals surface area (Å²) in [5.41, 5.74) is 1.90. The first-order valence-corrected chi connectivity index (χ1v) is 8.43. The zero-order valence-corrected chi connectivity index (χ0v) is 13.9. The van der Waals surface area contributed by atoms with Crippen molar-refractivity contribution in [3.8, 4) is 11.4 Å². The number of ether oxygens (including phenoxy) is 1. The number of carbonyl (C=O) groups is 1. The van der Waals surface area contributed by atoms with Gasteiger partial charge in [-0.25, -0.2) is 0 Å². The Morgan fingerprint density at radius 1 is 1.29 bits per heavy atom. The second-order valence-corrected chi connectivity index (χ2v) is 6.32. The molecule has 0 saturated heterocycles. The minimum Gasteiger partial charge on any atom is -0.368 e. The molecule has 0 aliphatic heterocycles. The van der Waals surface area contributed by atoms with Gasteiger partial charge in [0.15, 0.2) is 0 Å². The highest BCUT2D eigenvalue weighted by molar-refractivity contribution is 5.77. The molecule has 1 amide bonds. The van der Waals surface area contributed by atoms with Crippen molar-refractivity contribution in [3.63, 3.8) is 0 Å². The van der Waals surface area contributed by atoms with E-state index in [0.29, 0.717) is 18.3 Å². The first-order chi connectivity index (χ1) is 11.7. The zero-order chi connectivity index (χ0) is 16.8. The van der Waals surface area contributed by atoms with Gasteiger partial charge in [0.05, 0.1) is 6.10 Å². The lowest BCUT2D eigenvalue weighted by atomic mass is 9.88. The van der Waals surface area contributed by atoms with Gasteiger partial charge < -0.3 is 10.1 Å². The van der Waals surface area contributed by atoms with E-state index in [0.717, 1.165) is 17.5 Å². The molecule has 0 bridgehead atoms. The summed E-state index contributed by atoms with van der Waals surface area (Å²) >= 11 is 0. The van der Waals surface area contributed by atoms with Crippen LogP contribution in [0.1, 0.15) is 38.2 Å². The maximum absolute atomic E-state index is 12.0. The molecule has 3 rings (SSSR count). The van der Waals surface area contributed by atoms with Gasteiger partial charge in [0.1, 0.15) is 6.61 Å². The Morgan fingerprint density at radius 3 is 2.79 bits per heavy atom. The van der Waals surface area contributed by atoms with Crippen LogP contribution in [-0.2, 0) is 16.1 Å². The average molecular weight is 329 g/mol. The van der Waals surface area contributed by atoms with Crippen molar-refractivity contribution in [3.05, 3.63) is 29.8 Å². The monoisotopic (exact) mass is 329 g/mol. The molecule has 1 aromatic carbocycles. The van der Waals surface area contributed by atoms with E-state index in [1.54, 1.807) is 0 Å². The second kappa shape index (κ2) is 8.01. The number of tetrazole rings is 1. The minimum atomic E-state index is -0.0741. The molecule has 24 heavy (non-hydrogen) atoms. The van der Waals surface area contributed by atoms with Crippen LogP contribution in [-0.4, -0.2) is 39.2 Å². The topological polar surface area (TPSA) is 92.8 Å². The van der Waals surface area contributed by atoms with Gasteiger partial charge >= 0.3 is 0 Å². The number of H-pyrrole nitrogens is 1. The summed E-state index contributed by atoms with van der Waals surface area (Å²) in [4.78, 5) is 12.0. The molecule has 2 N–H and O–H groups in total. The van der Waals surface area contributed by atoms with Gasteiger partial charge in [-0.3, -0.25) is 4.79 Å². The van der Waals surface area contributed by atoms with Crippen LogP contribution in [0, 0.1) is 5.92 Å². The Kier molecular flexibility index (Phi) is 5.53. The molecule has 2 aromatic rings. The van der Waals surface area contributed by atoms with Crippen LogP contribution in [0.5, 0.6) is 0 Å². The predicted octanol–water partition coefficient (Wildman–Crippen LogP) is 2.08. The van der Waals surface area contributed by atoms with Gasteiger partial charge in [0, 0.05) is 12.1 Å². The summed E-state index contributed by atoms with van der Waals surface area (Å²) in [5, 5.41) is 16.7. The fourth-order valence-electron chi connectivity index (χ4n) is 3.02. The third-order valence-corrected chi connectivity index (χ3v) is 4.51. The van der Waals surface area contributed by atoms with E-state index in [-0.39, 0.29) is 18.6 Å². The van der Waals surface area contributed by atoms with Crippen molar-refractivity contribution in [1.82, 2.24) is 25.9 Å². The van der Waals surface area contributed by atoms with Crippen molar-refractivity contribution in [1.29, 1.82) is 0 Å². The van der Waals surface area contributed by atoms with Crippen molar-refractivity contribution in [2.75, 3.05) is 6.61 Å². The Bertz CT molecular complexity index is 642. The summed E-state index contributed by atoms with van der Waals surface area (Å²) in [6.07, 6.45) is 4.94. The molecule has 1 aliphatic rings. The lowest BCUT2D eigenvalue weighted by Gasteiger charge is -2.28. The second-order valence-electron chi connectivity index (χ2n) is 6.32. The highest BCUT2D eigenvalue weighted by atomic mass is 16.5. The SMILES string of the molecule is C[C@@H]1CCCC[C@H]1OCC(=O)NCc1ccc(-c2nn[nH]n2)cc1. The summed E-state index contributed by atoms with van der Waals surface area (Å²) < 4.78 is 5.77. The molecule has 1 aliphatic carbocycles. The van der Waals surface area contributed by atoms with Gasteiger partial charge in [-0.1, -0.05) is 44.0 Å². The largest absolute Gasteiger partial charge is 0.368 e. The highest BCUT2D eigenvalue weighted by Gasteiger charge is 2.22. The third-order valence-electron chi connectivity index (χ3n) is 4.51. The number of hydrogen-bond donors (Lipinski definition) is 2. The lowest BCUT2D eigenvalue weighted by molar-refractivity contribution is -0.129. The van der Waals surface area contributed by atoms with Gasteiger partial charge in [-0.2, -0.15) is 5.21 Å². The standard InChI is InChI=1S/C17H23N5O2/c1-12-4-2-3-5-15(12)24-11-16(23)18-10-13-6-8-14(9-7-13)17-19-21-22-20-17/h6-9,12,15H,2-5,10-11H2,1H3,(H,18,23)(H,19,20,21,22)/t12-,15-/m1/s1. The summed E-state index contributed by atoms with van der Waals surface area (Å²) in [6.45, 7) is 2.82. The first-order valence-electron chi connectivity index (χ1n) is 8.43. The highest BCUT2D eigenvalue weighted by Crippen LogP contribution is 2.26. The Labute approximate surface area is 141 Å². The maximum Gasteiger partial charge on any atom is 0.246 e. The number of rotatable bonds is 6. The molecular weight excluding hydrogens is 306 g/mol. The summed E-state index contributed by atoms with van der Waals surface area (Å²) in [6, 6.07) is 7.70. The van der Waals surface area contributed by atoms with E-state index < -0.39 is 0 Å². The van der Waals surface area contributed by atoms with E-state index in [4.69, 9.17) is 4.74 Å². The molecule has 7 nitrogen and oxygen atoms in total. The smallest absolute Gasteiger partial charge is 0.246 e. The average Bonchev–Trinajstić information content (AvgIpc) is 3.14. The predicted molar refractivity (Wildman–Crippen MR) is 88.8 cm³/mol. The van der Waals surface area contributed by atoms with E-state index >= 15 is 0 Å². The number of carbonyl (C=O) groups excluding carboxylic acids is 1. The zero-order valence-electron chi connectivity index (χ0n) is 13.9. The lowest BCUT2D eigenvalue weighted by Crippen LogP contribution is -2.32. The van der Waals surface area contributed by atoms with E-state index in [9.17, 15) is 4.79 Å². The van der Waals surface area contributed by atoms with E-state index in [1.807, 2.05) is 24.3 Å². The Hall–Kier alpha value is -2.28. The van der Waals surface area contributed by atoms with E-state index in [2.05, 4.69) is 32.9 Å². The van der Waals surface area contributed by atoms with Crippen LogP contribution in [0.15, 0.2) is 24.3 Å². The maximum atomic E-state index is 12.0. The molecule has 2 atom stereocenters. The number of hydrogen-bond acceptors (Lipinski definition) is 5. The molecule has 0 unspecified atom stereocenters. The fourth-order valence-corrected chi connectivity index (χ4v) is 3.02. The van der Waals surface area contributed by atoms with Gasteiger partial charge in [-0.05, 0) is 29.5 Å². The molecule has 128 valence electrons. The quantitative estimate of drug-likeness (QED) is 0.846. The fraction of sp³-hybridized carbons (Fsp3) is 0.529. The van der Waals surface area contributed by atoms with Crippen molar-refractivity contribution in [2.45, 2.75) is 45.3 Å². The number of benzene rings is 1. The van der Waals surface area contributed by atoms with Gasteiger partial charge in [-0.15, -0.1) is 10.2 Å². The molecule has 1 heterocycles. The minimum absolute atomic E-state index is 0.0741. The van der Waals surface area contributed by atoms with Crippen molar-refractivity contribution >= 4 is 5.91 Å². The Morgan fingerprint density at radius 2 is 2.08 bits per heavy atom. The molecular formula is C17H23N5O2. The van der Waals surface area contributed by atoms with Crippen LogP contribution < -0.4 is 5.32 Å². The number of aromatic amines is 1. The number of aromatic nitrogens is 4. The molecule has 0 radical (unpaired) electrons.